The van der Waals surface area contributed by atoms with Gasteiger partial charge in [0, 0.05) is 17.0 Å². The molecule has 1 saturated heterocycles. The zero-order valence-electron chi connectivity index (χ0n) is 18.9. The fraction of sp³-hybridized carbons (Fsp3) is 0.400. The van der Waals surface area contributed by atoms with Gasteiger partial charge in [-0.1, -0.05) is 12.1 Å². The summed E-state index contributed by atoms with van der Waals surface area (Å²) in [5.41, 5.74) is 7.46. The Labute approximate surface area is 195 Å². The van der Waals surface area contributed by atoms with E-state index in [-0.39, 0.29) is 11.7 Å². The minimum absolute atomic E-state index is 0.000167. The van der Waals surface area contributed by atoms with Crippen LogP contribution in [0.1, 0.15) is 36.2 Å². The quantitative estimate of drug-likeness (QED) is 0.427. The number of aromatic nitrogens is 4. The first kappa shape index (κ1) is 21.4. The molecule has 0 bridgehead atoms. The van der Waals surface area contributed by atoms with E-state index in [0.717, 1.165) is 23.1 Å². The SMILES string of the molecule is Cc1nc(C)c2ccn([C@@H]3O[C@@H]4[C@H](Cc5ccc6cc(F)c(N)nc6c5)CC[C@]4(O)C3O)c2n1. The smallest absolute Gasteiger partial charge is 0.165 e. The van der Waals surface area contributed by atoms with E-state index in [9.17, 15) is 14.6 Å². The Morgan fingerprint density at radius 1 is 1.21 bits per heavy atom. The molecule has 9 heteroatoms. The van der Waals surface area contributed by atoms with E-state index in [4.69, 9.17) is 10.5 Å². The number of nitrogens with two attached hydrogens (primary N) is 1. The zero-order chi connectivity index (χ0) is 23.8. The molecule has 1 aromatic carbocycles. The number of aryl methyl sites for hydroxylation is 2. The number of hydrogen-bond donors (Lipinski definition) is 3. The van der Waals surface area contributed by atoms with Gasteiger partial charge in [0.15, 0.2) is 17.9 Å². The summed E-state index contributed by atoms with van der Waals surface area (Å²) in [4.78, 5) is 13.1. The Balaban J connectivity index is 1.30. The number of pyridine rings is 1. The number of anilines is 1. The maximum atomic E-state index is 13.7. The van der Waals surface area contributed by atoms with E-state index in [1.165, 1.54) is 6.07 Å². The lowest BCUT2D eigenvalue weighted by molar-refractivity contribution is -0.0675. The van der Waals surface area contributed by atoms with Crippen LogP contribution in [0, 0.1) is 25.6 Å². The summed E-state index contributed by atoms with van der Waals surface area (Å²) in [6.45, 7) is 3.75. The molecule has 3 aromatic heterocycles. The van der Waals surface area contributed by atoms with Crippen molar-refractivity contribution in [3.63, 3.8) is 0 Å². The number of rotatable bonds is 3. The molecule has 1 unspecified atom stereocenters. The number of aliphatic hydroxyl groups is 2. The second-order valence-corrected chi connectivity index (χ2v) is 9.59. The molecule has 4 heterocycles. The summed E-state index contributed by atoms with van der Waals surface area (Å²) in [6, 6.07) is 8.94. The first-order valence-electron chi connectivity index (χ1n) is 11.5. The topological polar surface area (TPSA) is 119 Å². The summed E-state index contributed by atoms with van der Waals surface area (Å²) in [5, 5.41) is 24.2. The van der Waals surface area contributed by atoms with Crippen LogP contribution in [-0.4, -0.2) is 47.5 Å². The summed E-state index contributed by atoms with van der Waals surface area (Å²) < 4.78 is 21.9. The summed E-state index contributed by atoms with van der Waals surface area (Å²) in [6.07, 6.45) is 1.26. The Morgan fingerprint density at radius 3 is 2.85 bits per heavy atom. The monoisotopic (exact) mass is 463 g/mol. The van der Waals surface area contributed by atoms with Gasteiger partial charge in [-0.3, -0.25) is 0 Å². The maximum absolute atomic E-state index is 13.7. The number of hydrogen-bond acceptors (Lipinski definition) is 7. The maximum Gasteiger partial charge on any atom is 0.165 e. The molecule has 2 fully saturated rings. The highest BCUT2D eigenvalue weighted by molar-refractivity contribution is 5.81. The first-order chi connectivity index (χ1) is 16.2. The largest absolute Gasteiger partial charge is 0.385 e. The molecule has 8 nitrogen and oxygen atoms in total. The number of nitrogens with zero attached hydrogens (tertiary/aromatic N) is 4. The molecule has 4 N–H and O–H groups in total. The third-order valence-corrected chi connectivity index (χ3v) is 7.41. The average molecular weight is 464 g/mol. The molecule has 4 aromatic rings. The number of aliphatic hydroxyl groups excluding tert-OH is 1. The van der Waals surface area contributed by atoms with Gasteiger partial charge in [-0.25, -0.2) is 19.3 Å². The molecule has 176 valence electrons. The lowest BCUT2D eigenvalue weighted by atomic mass is 9.90. The third-order valence-electron chi connectivity index (χ3n) is 7.41. The lowest BCUT2D eigenvalue weighted by Crippen LogP contribution is -2.45. The Kier molecular flexibility index (Phi) is 4.68. The fourth-order valence-corrected chi connectivity index (χ4v) is 5.72. The van der Waals surface area contributed by atoms with Gasteiger partial charge in [0.05, 0.1) is 17.3 Å². The molecular formula is C25H26FN5O3. The van der Waals surface area contributed by atoms with Gasteiger partial charge in [-0.2, -0.15) is 0 Å². The predicted octanol–water partition coefficient (Wildman–Crippen LogP) is 2.96. The Bertz CT molecular complexity index is 1440. The van der Waals surface area contributed by atoms with Crippen LogP contribution >= 0.6 is 0 Å². The van der Waals surface area contributed by atoms with Crippen molar-refractivity contribution in [3.8, 4) is 0 Å². The predicted molar refractivity (Wildman–Crippen MR) is 124 cm³/mol. The van der Waals surface area contributed by atoms with Gasteiger partial charge >= 0.3 is 0 Å². The minimum atomic E-state index is -1.34. The van der Waals surface area contributed by atoms with Gasteiger partial charge in [0.2, 0.25) is 0 Å². The Morgan fingerprint density at radius 2 is 2.03 bits per heavy atom. The number of ether oxygens (including phenoxy) is 1. The molecule has 5 atom stereocenters. The zero-order valence-corrected chi connectivity index (χ0v) is 18.9. The van der Waals surface area contributed by atoms with Crippen molar-refractivity contribution < 1.29 is 19.3 Å². The molecule has 0 amide bonds. The van der Waals surface area contributed by atoms with Crippen molar-refractivity contribution in [2.24, 2.45) is 5.92 Å². The number of halogens is 1. The van der Waals surface area contributed by atoms with E-state index >= 15 is 0 Å². The van der Waals surface area contributed by atoms with Crippen LogP contribution in [0.4, 0.5) is 10.2 Å². The molecule has 1 saturated carbocycles. The first-order valence-corrected chi connectivity index (χ1v) is 11.5. The molecule has 2 aliphatic rings. The molecule has 6 rings (SSSR count). The van der Waals surface area contributed by atoms with Crippen molar-refractivity contribution in [2.75, 3.05) is 5.73 Å². The number of nitrogen functional groups attached to an aromatic ring is 1. The molecule has 1 aliphatic heterocycles. The molecule has 0 spiro atoms. The van der Waals surface area contributed by atoms with Crippen LogP contribution in [0.25, 0.3) is 21.9 Å². The molecule has 1 aliphatic carbocycles. The van der Waals surface area contributed by atoms with Crippen molar-refractivity contribution in [1.82, 2.24) is 19.5 Å². The van der Waals surface area contributed by atoms with E-state index in [1.54, 1.807) is 4.57 Å². The van der Waals surface area contributed by atoms with Gasteiger partial charge in [0.1, 0.15) is 23.2 Å². The van der Waals surface area contributed by atoms with Crippen LogP contribution in [0.3, 0.4) is 0 Å². The minimum Gasteiger partial charge on any atom is -0.385 e. The van der Waals surface area contributed by atoms with Gasteiger partial charge in [-0.05, 0) is 62.8 Å². The van der Waals surface area contributed by atoms with Crippen LogP contribution in [0.15, 0.2) is 36.5 Å². The second kappa shape index (κ2) is 7.43. The van der Waals surface area contributed by atoms with Gasteiger partial charge < -0.3 is 25.3 Å². The van der Waals surface area contributed by atoms with Crippen molar-refractivity contribution in [3.05, 3.63) is 59.4 Å². The van der Waals surface area contributed by atoms with Gasteiger partial charge in [-0.15, -0.1) is 0 Å². The second-order valence-electron chi connectivity index (χ2n) is 9.59. The summed E-state index contributed by atoms with van der Waals surface area (Å²) >= 11 is 0. The molecule has 0 radical (unpaired) electrons. The standard InChI is InChI=1S/C25H26FN5O3/c1-12-17-6-8-31(23(17)29-13(2)28-12)24-20(32)25(33)7-5-16(21(25)34-24)9-14-3-4-15-11-18(26)22(27)30-19(15)10-14/h3-4,6,8,10-11,16,20-21,24,32-33H,5,7,9H2,1-2H3,(H2,27,30)/t16-,20?,21+,24+,25-/m0/s1. The summed E-state index contributed by atoms with van der Waals surface area (Å²) in [7, 11) is 0. The number of benzene rings is 1. The van der Waals surface area contributed by atoms with Crippen LogP contribution in [0.5, 0.6) is 0 Å². The van der Waals surface area contributed by atoms with E-state index in [1.807, 2.05) is 44.3 Å². The van der Waals surface area contributed by atoms with Crippen LogP contribution < -0.4 is 5.73 Å². The van der Waals surface area contributed by atoms with Crippen LogP contribution in [-0.2, 0) is 11.2 Å². The highest BCUT2D eigenvalue weighted by atomic mass is 19.1. The molecular weight excluding hydrogens is 437 g/mol. The Hall–Kier alpha value is -3.14. The summed E-state index contributed by atoms with van der Waals surface area (Å²) in [5.74, 6) is -0.0219. The average Bonchev–Trinajstić information content (AvgIpc) is 3.42. The van der Waals surface area contributed by atoms with E-state index in [0.29, 0.717) is 35.2 Å². The van der Waals surface area contributed by atoms with Gasteiger partial charge in [0.25, 0.3) is 0 Å². The highest BCUT2D eigenvalue weighted by Gasteiger charge is 2.61. The highest BCUT2D eigenvalue weighted by Crippen LogP contribution is 2.50. The van der Waals surface area contributed by atoms with E-state index < -0.39 is 29.9 Å². The van der Waals surface area contributed by atoms with Crippen molar-refractivity contribution in [2.45, 2.75) is 57.1 Å². The number of fused-ring (bicyclic) bond motifs is 3. The lowest BCUT2D eigenvalue weighted by Gasteiger charge is -2.26. The van der Waals surface area contributed by atoms with E-state index in [2.05, 4.69) is 15.0 Å². The third kappa shape index (κ3) is 3.11. The van der Waals surface area contributed by atoms with Crippen LogP contribution in [0.2, 0.25) is 0 Å². The molecule has 34 heavy (non-hydrogen) atoms. The normalized spacial score (nSPS) is 28.7. The van der Waals surface area contributed by atoms with Crippen molar-refractivity contribution >= 4 is 27.8 Å². The fourth-order valence-electron chi connectivity index (χ4n) is 5.72. The van der Waals surface area contributed by atoms with Crippen molar-refractivity contribution in [1.29, 1.82) is 0 Å².